The largest absolute Gasteiger partial charge is 0.444 e. The van der Waals surface area contributed by atoms with E-state index >= 15 is 0 Å². The van der Waals surface area contributed by atoms with Gasteiger partial charge in [-0.3, -0.25) is 9.80 Å². The van der Waals surface area contributed by atoms with Crippen molar-refractivity contribution in [2.24, 2.45) is 0 Å². The van der Waals surface area contributed by atoms with Crippen LogP contribution in [0.3, 0.4) is 0 Å². The fourth-order valence-corrected chi connectivity index (χ4v) is 3.71. The van der Waals surface area contributed by atoms with E-state index in [9.17, 15) is 4.79 Å². The third kappa shape index (κ3) is 4.07. The van der Waals surface area contributed by atoms with E-state index < -0.39 is 5.60 Å². The van der Waals surface area contributed by atoms with E-state index in [0.717, 1.165) is 43.5 Å². The zero-order chi connectivity index (χ0) is 16.7. The molecule has 1 aromatic carbocycles. The summed E-state index contributed by atoms with van der Waals surface area (Å²) in [6.07, 6.45) is 2.01. The highest BCUT2D eigenvalue weighted by Crippen LogP contribution is 2.45. The molecule has 0 radical (unpaired) electrons. The maximum atomic E-state index is 12.5. The molecule has 126 valence electrons. The Bertz CT molecular complexity index is 593. The van der Waals surface area contributed by atoms with Gasteiger partial charge in [0.15, 0.2) is 0 Å². The lowest BCUT2D eigenvalue weighted by Crippen LogP contribution is -2.57. The van der Waals surface area contributed by atoms with Crippen molar-refractivity contribution in [3.05, 3.63) is 34.3 Å². The van der Waals surface area contributed by atoms with Gasteiger partial charge in [-0.25, -0.2) is 4.79 Å². The predicted octanol–water partition coefficient (Wildman–Crippen LogP) is 4.03. The Morgan fingerprint density at radius 2 is 2.04 bits per heavy atom. The van der Waals surface area contributed by atoms with Crippen LogP contribution in [0.25, 0.3) is 0 Å². The van der Waals surface area contributed by atoms with Crippen molar-refractivity contribution >= 4 is 22.0 Å². The van der Waals surface area contributed by atoms with Crippen LogP contribution in [0.4, 0.5) is 4.79 Å². The summed E-state index contributed by atoms with van der Waals surface area (Å²) in [6.45, 7) is 9.30. The van der Waals surface area contributed by atoms with Crippen molar-refractivity contribution in [3.63, 3.8) is 0 Å². The Morgan fingerprint density at radius 3 is 2.65 bits per heavy atom. The summed E-state index contributed by atoms with van der Waals surface area (Å²) in [5.74, 6) is 0. The number of nitrogens with zero attached hydrogens (tertiary/aromatic N) is 2. The van der Waals surface area contributed by atoms with Crippen LogP contribution < -0.4 is 0 Å². The van der Waals surface area contributed by atoms with Crippen LogP contribution in [0.5, 0.6) is 0 Å². The minimum absolute atomic E-state index is 0.00654. The highest BCUT2D eigenvalue weighted by atomic mass is 79.9. The number of rotatable bonds is 2. The maximum absolute atomic E-state index is 12.5. The second-order valence-electron chi connectivity index (χ2n) is 7.70. The monoisotopic (exact) mass is 380 g/mol. The van der Waals surface area contributed by atoms with Crippen molar-refractivity contribution in [2.75, 3.05) is 19.6 Å². The number of benzene rings is 1. The van der Waals surface area contributed by atoms with Crippen LogP contribution in [0.1, 0.15) is 39.2 Å². The Hall–Kier alpha value is -1.07. The molecule has 1 amide bonds. The molecule has 0 unspecified atom stereocenters. The fourth-order valence-electron chi connectivity index (χ4n) is 3.26. The summed E-state index contributed by atoms with van der Waals surface area (Å²) in [6, 6.07) is 8.44. The molecular weight excluding hydrogens is 356 g/mol. The fraction of sp³-hybridized carbons (Fsp3) is 0.611. The molecule has 1 saturated carbocycles. The van der Waals surface area contributed by atoms with Gasteiger partial charge in [-0.15, -0.1) is 0 Å². The Labute approximate surface area is 146 Å². The van der Waals surface area contributed by atoms with E-state index in [1.807, 2.05) is 31.7 Å². The Balaban J connectivity index is 1.63. The molecule has 4 nitrogen and oxygen atoms in total. The number of halogens is 1. The predicted molar refractivity (Wildman–Crippen MR) is 94.3 cm³/mol. The molecule has 1 heterocycles. The van der Waals surface area contributed by atoms with Crippen molar-refractivity contribution in [1.29, 1.82) is 0 Å². The number of amides is 1. The summed E-state index contributed by atoms with van der Waals surface area (Å²) >= 11 is 3.53. The van der Waals surface area contributed by atoms with E-state index in [1.165, 1.54) is 5.56 Å². The van der Waals surface area contributed by atoms with Crippen LogP contribution >= 0.6 is 15.9 Å². The van der Waals surface area contributed by atoms with Gasteiger partial charge in [0.05, 0.1) is 5.54 Å². The molecule has 5 heteroatoms. The van der Waals surface area contributed by atoms with Crippen LogP contribution in [-0.4, -0.2) is 46.7 Å². The van der Waals surface area contributed by atoms with Gasteiger partial charge in [-0.05, 0) is 51.3 Å². The molecule has 1 aromatic rings. The molecule has 2 fully saturated rings. The highest BCUT2D eigenvalue weighted by molar-refractivity contribution is 9.10. The van der Waals surface area contributed by atoms with E-state index in [1.54, 1.807) is 0 Å². The van der Waals surface area contributed by atoms with Crippen LogP contribution in [0.2, 0.25) is 0 Å². The summed E-state index contributed by atoms with van der Waals surface area (Å²) < 4.78 is 6.70. The minimum Gasteiger partial charge on any atom is -0.444 e. The van der Waals surface area contributed by atoms with Gasteiger partial charge in [-0.2, -0.15) is 0 Å². The zero-order valence-electron chi connectivity index (χ0n) is 14.1. The van der Waals surface area contributed by atoms with Gasteiger partial charge < -0.3 is 4.74 Å². The van der Waals surface area contributed by atoms with Crippen molar-refractivity contribution in [3.8, 4) is 0 Å². The molecule has 0 N–H and O–H groups in total. The molecule has 1 saturated heterocycles. The first-order valence-electron chi connectivity index (χ1n) is 8.25. The average Bonchev–Trinajstić information content (AvgIpc) is 3.16. The molecule has 1 aliphatic heterocycles. The molecule has 0 bridgehead atoms. The van der Waals surface area contributed by atoms with Crippen molar-refractivity contribution in [1.82, 2.24) is 9.80 Å². The van der Waals surface area contributed by atoms with Gasteiger partial charge in [-0.1, -0.05) is 28.1 Å². The summed E-state index contributed by atoms with van der Waals surface area (Å²) in [4.78, 5) is 16.9. The van der Waals surface area contributed by atoms with Gasteiger partial charge in [0.2, 0.25) is 0 Å². The number of ether oxygens (including phenoxy) is 1. The number of hydrogen-bond donors (Lipinski definition) is 0. The van der Waals surface area contributed by atoms with Crippen LogP contribution in [0, 0.1) is 0 Å². The number of carbonyl (C=O) groups is 1. The topological polar surface area (TPSA) is 32.8 Å². The third-order valence-corrected chi connectivity index (χ3v) is 4.96. The molecule has 0 atom stereocenters. The number of hydrogen-bond acceptors (Lipinski definition) is 3. The van der Waals surface area contributed by atoms with E-state index in [2.05, 4.69) is 39.0 Å². The summed E-state index contributed by atoms with van der Waals surface area (Å²) in [7, 11) is 0. The first kappa shape index (κ1) is 16.8. The van der Waals surface area contributed by atoms with Gasteiger partial charge >= 0.3 is 6.09 Å². The van der Waals surface area contributed by atoms with E-state index in [0.29, 0.717) is 0 Å². The maximum Gasteiger partial charge on any atom is 0.410 e. The molecule has 0 aromatic heterocycles. The Morgan fingerprint density at radius 1 is 1.30 bits per heavy atom. The first-order valence-corrected chi connectivity index (χ1v) is 9.04. The first-order chi connectivity index (χ1) is 10.8. The molecule has 1 spiro atoms. The van der Waals surface area contributed by atoms with Crippen molar-refractivity contribution < 1.29 is 9.53 Å². The second-order valence-corrected chi connectivity index (χ2v) is 8.61. The molecule has 23 heavy (non-hydrogen) atoms. The number of carbonyl (C=O) groups excluding carboxylic acids is 1. The lowest BCUT2D eigenvalue weighted by molar-refractivity contribution is -0.00808. The standard InChI is InChI=1S/C18H25BrN2O2/c1-17(2,3)23-16(22)21-10-9-20(13-18(21)7-8-18)12-14-5-4-6-15(19)11-14/h4-6,11H,7-10,12-13H2,1-3H3. The summed E-state index contributed by atoms with van der Waals surface area (Å²) in [5.41, 5.74) is 0.883. The van der Waals surface area contributed by atoms with E-state index in [-0.39, 0.29) is 11.6 Å². The SMILES string of the molecule is CC(C)(C)OC(=O)N1CCN(Cc2cccc(Br)c2)CC12CC2. The minimum atomic E-state index is -0.430. The summed E-state index contributed by atoms with van der Waals surface area (Å²) in [5, 5.41) is 0. The van der Waals surface area contributed by atoms with Crippen LogP contribution in [-0.2, 0) is 11.3 Å². The van der Waals surface area contributed by atoms with Crippen molar-refractivity contribution in [2.45, 2.75) is 51.3 Å². The lowest BCUT2D eigenvalue weighted by atomic mass is 10.1. The van der Waals surface area contributed by atoms with Gasteiger partial charge in [0, 0.05) is 30.7 Å². The van der Waals surface area contributed by atoms with Gasteiger partial charge in [0.25, 0.3) is 0 Å². The van der Waals surface area contributed by atoms with Gasteiger partial charge in [0.1, 0.15) is 5.60 Å². The second kappa shape index (κ2) is 6.10. The Kier molecular flexibility index (Phi) is 4.45. The van der Waals surface area contributed by atoms with Crippen LogP contribution in [0.15, 0.2) is 28.7 Å². The normalized spacial score (nSPS) is 20.6. The smallest absolute Gasteiger partial charge is 0.410 e. The molecular formula is C18H25BrN2O2. The zero-order valence-corrected chi connectivity index (χ0v) is 15.7. The lowest BCUT2D eigenvalue weighted by Gasteiger charge is -2.42. The number of piperazine rings is 1. The molecule has 1 aliphatic carbocycles. The highest BCUT2D eigenvalue weighted by Gasteiger charge is 2.54. The average molecular weight is 381 g/mol. The molecule has 3 rings (SSSR count). The third-order valence-electron chi connectivity index (χ3n) is 4.47. The van der Waals surface area contributed by atoms with E-state index in [4.69, 9.17) is 4.74 Å². The quantitative estimate of drug-likeness (QED) is 0.775. The molecule has 2 aliphatic rings.